The monoisotopic (exact) mass is 254 g/mol. The standard InChI is InChI=1S/C15H30N2O/c1-3-5-6-7-8-15(18)17-14-11-9-13(10-12-14)16-4-2/h13-14,16H,3-12H2,1-2H3,(H,17,18). The van der Waals surface area contributed by atoms with Crippen molar-refractivity contribution in [2.24, 2.45) is 0 Å². The third-order valence-electron chi connectivity index (χ3n) is 3.84. The van der Waals surface area contributed by atoms with Gasteiger partial charge in [-0.15, -0.1) is 0 Å². The lowest BCUT2D eigenvalue weighted by Crippen LogP contribution is -2.42. The Morgan fingerprint density at radius 2 is 1.67 bits per heavy atom. The van der Waals surface area contributed by atoms with Gasteiger partial charge in [-0.25, -0.2) is 0 Å². The fourth-order valence-corrected chi connectivity index (χ4v) is 2.74. The number of rotatable bonds is 8. The quantitative estimate of drug-likeness (QED) is 0.654. The first kappa shape index (κ1) is 15.5. The van der Waals surface area contributed by atoms with Crippen molar-refractivity contribution in [1.82, 2.24) is 10.6 Å². The Labute approximate surface area is 112 Å². The van der Waals surface area contributed by atoms with E-state index in [-0.39, 0.29) is 5.91 Å². The Kier molecular flexibility index (Phi) is 8.06. The van der Waals surface area contributed by atoms with Crippen molar-refractivity contribution < 1.29 is 4.79 Å². The number of carbonyl (C=O) groups excluding carboxylic acids is 1. The van der Waals surface area contributed by atoms with Crippen molar-refractivity contribution in [2.75, 3.05) is 6.54 Å². The third kappa shape index (κ3) is 6.39. The number of hydrogen-bond acceptors (Lipinski definition) is 2. The lowest BCUT2D eigenvalue weighted by atomic mass is 9.91. The first-order chi connectivity index (χ1) is 8.76. The predicted octanol–water partition coefficient (Wildman–Crippen LogP) is 2.99. The average molecular weight is 254 g/mol. The van der Waals surface area contributed by atoms with Gasteiger partial charge in [-0.3, -0.25) is 4.79 Å². The van der Waals surface area contributed by atoms with E-state index in [9.17, 15) is 4.79 Å². The highest BCUT2D eigenvalue weighted by Crippen LogP contribution is 2.18. The number of unbranched alkanes of at least 4 members (excludes halogenated alkanes) is 3. The first-order valence-corrected chi connectivity index (χ1v) is 7.79. The van der Waals surface area contributed by atoms with Crippen LogP contribution in [0.3, 0.4) is 0 Å². The van der Waals surface area contributed by atoms with Crippen LogP contribution in [0.1, 0.15) is 71.6 Å². The normalized spacial score (nSPS) is 23.9. The fraction of sp³-hybridized carbons (Fsp3) is 0.933. The first-order valence-electron chi connectivity index (χ1n) is 7.79. The van der Waals surface area contributed by atoms with Gasteiger partial charge >= 0.3 is 0 Å². The maximum absolute atomic E-state index is 11.8. The van der Waals surface area contributed by atoms with E-state index in [0.29, 0.717) is 18.5 Å². The summed E-state index contributed by atoms with van der Waals surface area (Å²) in [6.07, 6.45) is 10.1. The van der Waals surface area contributed by atoms with E-state index in [1.807, 2.05) is 0 Å². The minimum Gasteiger partial charge on any atom is -0.353 e. The van der Waals surface area contributed by atoms with Gasteiger partial charge in [-0.05, 0) is 38.6 Å². The Hall–Kier alpha value is -0.570. The van der Waals surface area contributed by atoms with Crippen molar-refractivity contribution in [1.29, 1.82) is 0 Å². The van der Waals surface area contributed by atoms with Gasteiger partial charge in [0.2, 0.25) is 5.91 Å². The van der Waals surface area contributed by atoms with Crippen LogP contribution in [0.25, 0.3) is 0 Å². The van der Waals surface area contributed by atoms with Gasteiger partial charge in [0.25, 0.3) is 0 Å². The average Bonchev–Trinajstić information content (AvgIpc) is 2.37. The maximum Gasteiger partial charge on any atom is 0.220 e. The molecular formula is C15H30N2O. The van der Waals surface area contributed by atoms with E-state index in [0.717, 1.165) is 25.8 Å². The Bertz CT molecular complexity index is 223. The molecule has 0 aromatic rings. The Morgan fingerprint density at radius 3 is 2.28 bits per heavy atom. The second-order valence-corrected chi connectivity index (χ2v) is 5.48. The van der Waals surface area contributed by atoms with E-state index in [1.54, 1.807) is 0 Å². The van der Waals surface area contributed by atoms with Crippen LogP contribution in [0.5, 0.6) is 0 Å². The van der Waals surface area contributed by atoms with Crippen molar-refractivity contribution in [3.63, 3.8) is 0 Å². The molecule has 1 aliphatic carbocycles. The zero-order chi connectivity index (χ0) is 13.2. The second kappa shape index (κ2) is 9.37. The Balaban J connectivity index is 2.07. The fourth-order valence-electron chi connectivity index (χ4n) is 2.74. The van der Waals surface area contributed by atoms with Crippen LogP contribution in [0.15, 0.2) is 0 Å². The SMILES string of the molecule is CCCCCCC(=O)NC1CCC(NCC)CC1. The summed E-state index contributed by atoms with van der Waals surface area (Å²) in [4.78, 5) is 11.8. The lowest BCUT2D eigenvalue weighted by Gasteiger charge is -2.29. The topological polar surface area (TPSA) is 41.1 Å². The molecule has 3 heteroatoms. The molecule has 0 spiro atoms. The molecule has 0 aromatic heterocycles. The van der Waals surface area contributed by atoms with E-state index >= 15 is 0 Å². The van der Waals surface area contributed by atoms with Crippen LogP contribution in [0.4, 0.5) is 0 Å². The van der Waals surface area contributed by atoms with Crippen molar-refractivity contribution in [3.8, 4) is 0 Å². The van der Waals surface area contributed by atoms with Gasteiger partial charge in [-0.1, -0.05) is 33.1 Å². The van der Waals surface area contributed by atoms with Crippen LogP contribution in [0, 0.1) is 0 Å². The van der Waals surface area contributed by atoms with Gasteiger partial charge in [0.05, 0.1) is 0 Å². The zero-order valence-corrected chi connectivity index (χ0v) is 12.1. The largest absolute Gasteiger partial charge is 0.353 e. The molecule has 0 radical (unpaired) electrons. The summed E-state index contributed by atoms with van der Waals surface area (Å²) >= 11 is 0. The number of nitrogens with one attached hydrogen (secondary N) is 2. The smallest absolute Gasteiger partial charge is 0.220 e. The van der Waals surface area contributed by atoms with Gasteiger partial charge in [0, 0.05) is 18.5 Å². The highest BCUT2D eigenvalue weighted by molar-refractivity contribution is 5.76. The molecule has 2 N–H and O–H groups in total. The molecule has 0 bridgehead atoms. The molecule has 18 heavy (non-hydrogen) atoms. The molecule has 0 aliphatic heterocycles. The van der Waals surface area contributed by atoms with E-state index in [2.05, 4.69) is 24.5 Å². The van der Waals surface area contributed by atoms with Gasteiger partial charge in [-0.2, -0.15) is 0 Å². The summed E-state index contributed by atoms with van der Waals surface area (Å²) in [6.45, 7) is 5.41. The predicted molar refractivity (Wildman–Crippen MR) is 76.6 cm³/mol. The number of amides is 1. The van der Waals surface area contributed by atoms with Crippen molar-refractivity contribution in [3.05, 3.63) is 0 Å². The van der Waals surface area contributed by atoms with Crippen molar-refractivity contribution in [2.45, 2.75) is 83.7 Å². The molecule has 3 nitrogen and oxygen atoms in total. The molecular weight excluding hydrogens is 224 g/mol. The Morgan fingerprint density at radius 1 is 1.00 bits per heavy atom. The van der Waals surface area contributed by atoms with Crippen LogP contribution in [0.2, 0.25) is 0 Å². The number of carbonyl (C=O) groups is 1. The van der Waals surface area contributed by atoms with Crippen LogP contribution in [-0.2, 0) is 4.79 Å². The highest BCUT2D eigenvalue weighted by atomic mass is 16.1. The minimum atomic E-state index is 0.262. The molecule has 0 saturated heterocycles. The summed E-state index contributed by atoms with van der Waals surface area (Å²) < 4.78 is 0. The molecule has 1 amide bonds. The molecule has 0 aromatic carbocycles. The summed E-state index contributed by atoms with van der Waals surface area (Å²) in [5.41, 5.74) is 0. The van der Waals surface area contributed by atoms with Gasteiger partial charge in [0.15, 0.2) is 0 Å². The number of hydrogen-bond donors (Lipinski definition) is 2. The second-order valence-electron chi connectivity index (χ2n) is 5.48. The van der Waals surface area contributed by atoms with E-state index < -0.39 is 0 Å². The molecule has 0 heterocycles. The molecule has 1 aliphatic rings. The van der Waals surface area contributed by atoms with Crippen LogP contribution < -0.4 is 10.6 Å². The highest BCUT2D eigenvalue weighted by Gasteiger charge is 2.21. The molecule has 106 valence electrons. The van der Waals surface area contributed by atoms with Gasteiger partial charge in [0.1, 0.15) is 0 Å². The summed E-state index contributed by atoms with van der Waals surface area (Å²) in [6, 6.07) is 1.10. The van der Waals surface area contributed by atoms with E-state index in [4.69, 9.17) is 0 Å². The minimum absolute atomic E-state index is 0.262. The summed E-state index contributed by atoms with van der Waals surface area (Å²) in [5.74, 6) is 0.262. The summed E-state index contributed by atoms with van der Waals surface area (Å²) in [7, 11) is 0. The molecule has 1 rings (SSSR count). The van der Waals surface area contributed by atoms with Crippen LogP contribution in [-0.4, -0.2) is 24.5 Å². The van der Waals surface area contributed by atoms with Gasteiger partial charge < -0.3 is 10.6 Å². The molecule has 1 saturated carbocycles. The van der Waals surface area contributed by atoms with Crippen LogP contribution >= 0.6 is 0 Å². The maximum atomic E-state index is 11.8. The molecule has 0 unspecified atom stereocenters. The van der Waals surface area contributed by atoms with E-state index in [1.165, 1.54) is 32.1 Å². The zero-order valence-electron chi connectivity index (χ0n) is 12.1. The summed E-state index contributed by atoms with van der Waals surface area (Å²) in [5, 5.41) is 6.69. The third-order valence-corrected chi connectivity index (χ3v) is 3.84. The molecule has 1 fully saturated rings. The molecule has 0 atom stereocenters. The lowest BCUT2D eigenvalue weighted by molar-refractivity contribution is -0.122. The van der Waals surface area contributed by atoms with Crippen molar-refractivity contribution >= 4 is 5.91 Å².